The lowest BCUT2D eigenvalue weighted by atomic mass is 9.79. The number of benzene rings is 1. The highest BCUT2D eigenvalue weighted by molar-refractivity contribution is 5.86. The van der Waals surface area contributed by atoms with E-state index in [0.29, 0.717) is 12.8 Å². The minimum Gasteiger partial charge on any atom is -0.455 e. The Bertz CT molecular complexity index is 602. The molecule has 136 valence electrons. The molecule has 0 aromatic heterocycles. The third-order valence-electron chi connectivity index (χ3n) is 5.55. The van der Waals surface area contributed by atoms with E-state index < -0.39 is 5.41 Å². The van der Waals surface area contributed by atoms with Crippen molar-refractivity contribution in [2.45, 2.75) is 69.2 Å². The van der Waals surface area contributed by atoms with E-state index in [-0.39, 0.29) is 30.3 Å². The zero-order chi connectivity index (χ0) is 17.7. The number of esters is 1. The van der Waals surface area contributed by atoms with Gasteiger partial charge in [0.2, 0.25) is 0 Å². The van der Waals surface area contributed by atoms with Crippen molar-refractivity contribution in [1.29, 1.82) is 0 Å². The van der Waals surface area contributed by atoms with Crippen LogP contribution in [0.5, 0.6) is 0 Å². The fraction of sp³-hybridized carbons (Fsp3) is 0.600. The van der Waals surface area contributed by atoms with Gasteiger partial charge in [-0.25, -0.2) is 4.39 Å². The summed E-state index contributed by atoms with van der Waals surface area (Å²) in [4.78, 5) is 24.8. The van der Waals surface area contributed by atoms with E-state index in [1.54, 1.807) is 12.1 Å². The average Bonchev–Trinajstić information content (AvgIpc) is 3.12. The summed E-state index contributed by atoms with van der Waals surface area (Å²) in [6, 6.07) is 6.27. The largest absolute Gasteiger partial charge is 0.455 e. The molecule has 1 N–H and O–H groups in total. The molecule has 0 heterocycles. The van der Waals surface area contributed by atoms with Crippen LogP contribution in [-0.4, -0.2) is 24.5 Å². The highest BCUT2D eigenvalue weighted by atomic mass is 19.1. The van der Waals surface area contributed by atoms with Crippen LogP contribution in [0.15, 0.2) is 24.3 Å². The van der Waals surface area contributed by atoms with Crippen LogP contribution in [0.3, 0.4) is 0 Å². The highest BCUT2D eigenvalue weighted by Crippen LogP contribution is 2.42. The van der Waals surface area contributed by atoms with Gasteiger partial charge in [-0.15, -0.1) is 0 Å². The number of amides is 1. The van der Waals surface area contributed by atoms with Crippen molar-refractivity contribution in [3.05, 3.63) is 35.6 Å². The van der Waals surface area contributed by atoms with Gasteiger partial charge in [0.05, 0.1) is 5.41 Å². The Hall–Kier alpha value is -1.91. The summed E-state index contributed by atoms with van der Waals surface area (Å²) in [7, 11) is 0. The quantitative estimate of drug-likeness (QED) is 0.828. The number of ether oxygens (including phenoxy) is 1. The number of hydrogen-bond acceptors (Lipinski definition) is 3. The summed E-state index contributed by atoms with van der Waals surface area (Å²) in [5.74, 6) is -0.917. The van der Waals surface area contributed by atoms with E-state index in [0.717, 1.165) is 44.1 Å². The first kappa shape index (κ1) is 17.9. The van der Waals surface area contributed by atoms with Gasteiger partial charge in [-0.1, -0.05) is 44.2 Å². The van der Waals surface area contributed by atoms with Crippen molar-refractivity contribution in [2.75, 3.05) is 6.61 Å². The molecule has 2 aliphatic rings. The lowest BCUT2D eigenvalue weighted by Crippen LogP contribution is -2.41. The van der Waals surface area contributed by atoms with Gasteiger partial charge >= 0.3 is 5.97 Å². The maximum absolute atomic E-state index is 13.2. The van der Waals surface area contributed by atoms with Crippen molar-refractivity contribution in [2.24, 2.45) is 0 Å². The Balaban J connectivity index is 1.59. The fourth-order valence-electron chi connectivity index (χ4n) is 4.14. The van der Waals surface area contributed by atoms with Crippen LogP contribution in [-0.2, 0) is 19.7 Å². The van der Waals surface area contributed by atoms with Crippen LogP contribution < -0.4 is 5.32 Å². The molecular formula is C20H26FNO3. The molecule has 0 bridgehead atoms. The fourth-order valence-corrected chi connectivity index (χ4v) is 4.14. The first-order valence-electron chi connectivity index (χ1n) is 9.33. The molecule has 25 heavy (non-hydrogen) atoms. The first-order chi connectivity index (χ1) is 12.1. The van der Waals surface area contributed by atoms with Crippen LogP contribution in [0, 0.1) is 5.82 Å². The molecule has 0 unspecified atom stereocenters. The second-order valence-corrected chi connectivity index (χ2v) is 7.27. The monoisotopic (exact) mass is 347 g/mol. The number of rotatable bonds is 5. The van der Waals surface area contributed by atoms with Crippen molar-refractivity contribution in [3.63, 3.8) is 0 Å². The van der Waals surface area contributed by atoms with Crippen LogP contribution in [0.1, 0.15) is 63.4 Å². The zero-order valence-electron chi connectivity index (χ0n) is 14.6. The van der Waals surface area contributed by atoms with E-state index in [1.165, 1.54) is 18.6 Å². The number of nitrogens with one attached hydrogen (secondary N) is 1. The van der Waals surface area contributed by atoms with Crippen molar-refractivity contribution in [3.8, 4) is 0 Å². The van der Waals surface area contributed by atoms with Gasteiger partial charge in [0.15, 0.2) is 6.61 Å². The van der Waals surface area contributed by atoms with Crippen molar-refractivity contribution in [1.82, 2.24) is 5.32 Å². The Kier molecular flexibility index (Phi) is 5.71. The first-order valence-corrected chi connectivity index (χ1v) is 9.33. The lowest BCUT2D eigenvalue weighted by molar-refractivity contribution is -0.154. The molecule has 0 aliphatic heterocycles. The molecule has 0 radical (unpaired) electrons. The maximum Gasteiger partial charge on any atom is 0.317 e. The summed E-state index contributed by atoms with van der Waals surface area (Å²) in [5, 5.41) is 2.96. The molecule has 2 saturated carbocycles. The standard InChI is InChI=1S/C20H26FNO3/c21-16-10-8-15(9-11-16)20(12-4-5-13-20)19(24)25-14-18(23)22-17-6-2-1-3-7-17/h8-11,17H,1-7,12-14H2,(H,22,23). The Labute approximate surface area is 148 Å². The Morgan fingerprint density at radius 1 is 1.04 bits per heavy atom. The van der Waals surface area contributed by atoms with Gasteiger partial charge in [-0.05, 0) is 43.4 Å². The number of carbonyl (C=O) groups is 2. The van der Waals surface area contributed by atoms with E-state index >= 15 is 0 Å². The molecule has 0 spiro atoms. The lowest BCUT2D eigenvalue weighted by Gasteiger charge is -2.27. The summed E-state index contributed by atoms with van der Waals surface area (Å²) in [6.07, 6.45) is 8.72. The Morgan fingerprint density at radius 2 is 1.68 bits per heavy atom. The smallest absolute Gasteiger partial charge is 0.317 e. The molecule has 4 nitrogen and oxygen atoms in total. The number of carbonyl (C=O) groups excluding carboxylic acids is 2. The van der Waals surface area contributed by atoms with Crippen LogP contribution >= 0.6 is 0 Å². The maximum atomic E-state index is 13.2. The number of halogens is 1. The predicted octanol–water partition coefficient (Wildman–Crippen LogP) is 3.63. The minimum absolute atomic E-state index is 0.206. The van der Waals surface area contributed by atoms with Gasteiger partial charge in [0.25, 0.3) is 5.91 Å². The average molecular weight is 347 g/mol. The summed E-state index contributed by atoms with van der Waals surface area (Å²) in [6.45, 7) is -0.238. The molecular weight excluding hydrogens is 321 g/mol. The summed E-state index contributed by atoms with van der Waals surface area (Å²) >= 11 is 0. The van der Waals surface area contributed by atoms with Crippen LogP contribution in [0.25, 0.3) is 0 Å². The molecule has 2 aliphatic carbocycles. The molecule has 3 rings (SSSR count). The summed E-state index contributed by atoms with van der Waals surface area (Å²) < 4.78 is 18.6. The third kappa shape index (κ3) is 4.20. The second-order valence-electron chi connectivity index (χ2n) is 7.27. The van der Waals surface area contributed by atoms with Gasteiger partial charge in [0, 0.05) is 6.04 Å². The molecule has 1 aromatic rings. The molecule has 0 saturated heterocycles. The normalized spacial score (nSPS) is 20.2. The topological polar surface area (TPSA) is 55.4 Å². The number of hydrogen-bond donors (Lipinski definition) is 1. The van der Waals surface area contributed by atoms with Crippen molar-refractivity contribution >= 4 is 11.9 Å². The highest BCUT2D eigenvalue weighted by Gasteiger charge is 2.44. The molecule has 1 aromatic carbocycles. The van der Waals surface area contributed by atoms with Crippen LogP contribution in [0.4, 0.5) is 4.39 Å². The minimum atomic E-state index is -0.737. The summed E-state index contributed by atoms with van der Waals surface area (Å²) in [5.41, 5.74) is 0.0443. The van der Waals surface area contributed by atoms with Gasteiger partial charge < -0.3 is 10.1 Å². The van der Waals surface area contributed by atoms with E-state index in [4.69, 9.17) is 4.74 Å². The van der Waals surface area contributed by atoms with Crippen LogP contribution in [0.2, 0.25) is 0 Å². The third-order valence-corrected chi connectivity index (χ3v) is 5.55. The Morgan fingerprint density at radius 3 is 2.32 bits per heavy atom. The second kappa shape index (κ2) is 7.98. The van der Waals surface area contributed by atoms with Crippen molar-refractivity contribution < 1.29 is 18.7 Å². The SMILES string of the molecule is O=C(COC(=O)C1(c2ccc(F)cc2)CCCC1)NC1CCCCC1. The molecule has 2 fully saturated rings. The predicted molar refractivity (Wildman–Crippen MR) is 92.5 cm³/mol. The van der Waals surface area contributed by atoms with E-state index in [1.807, 2.05) is 0 Å². The molecule has 5 heteroatoms. The van der Waals surface area contributed by atoms with Gasteiger partial charge in [-0.2, -0.15) is 0 Å². The zero-order valence-corrected chi connectivity index (χ0v) is 14.6. The molecule has 0 atom stereocenters. The van der Waals surface area contributed by atoms with E-state index in [2.05, 4.69) is 5.32 Å². The van der Waals surface area contributed by atoms with Gasteiger partial charge in [0.1, 0.15) is 5.82 Å². The molecule has 1 amide bonds. The van der Waals surface area contributed by atoms with Gasteiger partial charge in [-0.3, -0.25) is 9.59 Å². The van der Waals surface area contributed by atoms with E-state index in [9.17, 15) is 14.0 Å².